The fraction of sp³-hybridized carbons (Fsp3) is 0.491. The molecule has 18 heteroatoms. The van der Waals surface area contributed by atoms with E-state index in [2.05, 4.69) is 10.6 Å². The van der Waals surface area contributed by atoms with Crippen LogP contribution in [0.15, 0.2) is 102 Å². The molecule has 4 aliphatic carbocycles. The SMILES string of the molecule is CC(=O)O[C@@]12CO[C@@H]1C[C@H](O)[C@@]1(C)C(=O)[C@H](O)C3=C(C)[C@@H](CC(=O)[C@H](OC(=O)CNC(=O)OCC4=Cc5ccccc5C4)[C@@H](NC(=O)OC(C)(C)C)c4ccccc4)C[C@@](O)([C@@H](OC(=O)c4ccccc4)[C@H]21)C3(C)C. The van der Waals surface area contributed by atoms with Gasteiger partial charge in [-0.2, -0.15) is 0 Å². The zero-order valence-electron chi connectivity index (χ0n) is 43.4. The number of amides is 2. The maximum absolute atomic E-state index is 15.4. The quantitative estimate of drug-likeness (QED) is 0.0722. The summed E-state index contributed by atoms with van der Waals surface area (Å²) in [5.41, 5.74) is -5.25. The molecule has 3 aromatic carbocycles. The predicted octanol–water partition coefficient (Wildman–Crippen LogP) is 5.84. The van der Waals surface area contributed by atoms with Crippen LogP contribution in [0.4, 0.5) is 9.59 Å². The molecule has 0 spiro atoms. The Morgan fingerprint density at radius 1 is 0.893 bits per heavy atom. The molecule has 18 nitrogen and oxygen atoms in total. The number of hydrogen-bond acceptors (Lipinski definition) is 16. The van der Waals surface area contributed by atoms with Gasteiger partial charge in [-0.15, -0.1) is 0 Å². The number of carbonyl (C=O) groups is 7. The molecule has 1 heterocycles. The average Bonchev–Trinajstić information content (AvgIpc) is 3.78. The third-order valence-electron chi connectivity index (χ3n) is 15.9. The van der Waals surface area contributed by atoms with Gasteiger partial charge in [-0.25, -0.2) is 14.4 Å². The van der Waals surface area contributed by atoms with Crippen LogP contribution in [0.5, 0.6) is 0 Å². The summed E-state index contributed by atoms with van der Waals surface area (Å²) in [5, 5.41) is 43.5. The van der Waals surface area contributed by atoms with Crippen LogP contribution in [0.25, 0.3) is 6.08 Å². The first-order valence-corrected chi connectivity index (χ1v) is 25.2. The fourth-order valence-corrected chi connectivity index (χ4v) is 12.1. The van der Waals surface area contributed by atoms with E-state index in [1.54, 1.807) is 90.1 Å². The number of esters is 3. The number of hydrogen-bond donors (Lipinski definition) is 5. The number of ether oxygens (including phenoxy) is 6. The molecule has 75 heavy (non-hydrogen) atoms. The van der Waals surface area contributed by atoms with Gasteiger partial charge in [-0.1, -0.05) is 98.3 Å². The van der Waals surface area contributed by atoms with E-state index in [9.17, 15) is 39.3 Å². The Labute approximate surface area is 435 Å². The fourth-order valence-electron chi connectivity index (χ4n) is 12.1. The number of aliphatic hydroxyl groups excluding tert-OH is 2. The van der Waals surface area contributed by atoms with Crippen molar-refractivity contribution in [3.8, 4) is 0 Å². The number of ketones is 2. The molecule has 5 N–H and O–H groups in total. The van der Waals surface area contributed by atoms with Crippen molar-refractivity contribution in [2.24, 2.45) is 22.7 Å². The van der Waals surface area contributed by atoms with Crippen molar-refractivity contribution in [2.75, 3.05) is 19.8 Å². The van der Waals surface area contributed by atoms with Crippen molar-refractivity contribution < 1.29 is 77.3 Å². The van der Waals surface area contributed by atoms with Gasteiger partial charge in [0.2, 0.25) is 0 Å². The van der Waals surface area contributed by atoms with Crippen molar-refractivity contribution in [1.82, 2.24) is 10.6 Å². The lowest BCUT2D eigenvalue weighted by Crippen LogP contribution is -2.81. The summed E-state index contributed by atoms with van der Waals surface area (Å²) in [6.07, 6.45) is -8.90. The van der Waals surface area contributed by atoms with E-state index >= 15 is 9.59 Å². The summed E-state index contributed by atoms with van der Waals surface area (Å²) >= 11 is 0. The summed E-state index contributed by atoms with van der Waals surface area (Å²) in [4.78, 5) is 98.7. The Morgan fingerprint density at radius 2 is 1.55 bits per heavy atom. The number of rotatable bonds is 14. The molecule has 1 aliphatic heterocycles. The number of carbonyl (C=O) groups excluding carboxylic acids is 7. The van der Waals surface area contributed by atoms with E-state index < -0.39 is 137 Å². The largest absolute Gasteiger partial charge is 0.455 e. The summed E-state index contributed by atoms with van der Waals surface area (Å²) in [6.45, 7) is 11.1. The van der Waals surface area contributed by atoms with Crippen molar-refractivity contribution in [2.45, 2.75) is 134 Å². The van der Waals surface area contributed by atoms with Crippen LogP contribution in [-0.2, 0) is 54.0 Å². The lowest BCUT2D eigenvalue weighted by atomic mass is 9.44. The Hall–Kier alpha value is -6.73. The van der Waals surface area contributed by atoms with Gasteiger partial charge in [0.25, 0.3) is 0 Å². The lowest BCUT2D eigenvalue weighted by Gasteiger charge is -2.67. The number of allylic oxidation sites excluding steroid dienone is 1. The molecule has 2 saturated carbocycles. The number of aliphatic hydroxyl groups is 3. The topological polar surface area (TPSA) is 260 Å². The van der Waals surface area contributed by atoms with Crippen molar-refractivity contribution in [3.63, 3.8) is 0 Å². The maximum Gasteiger partial charge on any atom is 0.408 e. The van der Waals surface area contributed by atoms with Gasteiger partial charge in [0.15, 0.2) is 23.3 Å². The molecule has 0 unspecified atom stereocenters. The van der Waals surface area contributed by atoms with Gasteiger partial charge in [-0.05, 0) is 93.3 Å². The third kappa shape index (κ3) is 10.4. The third-order valence-corrected chi connectivity index (χ3v) is 15.9. The maximum atomic E-state index is 15.4. The highest BCUT2D eigenvalue weighted by atomic mass is 16.6. The van der Waals surface area contributed by atoms with E-state index in [-0.39, 0.29) is 30.8 Å². The Balaban J connectivity index is 1.17. The molecule has 2 amide bonds. The smallest absolute Gasteiger partial charge is 0.408 e. The molecule has 400 valence electrons. The molecule has 0 aromatic heterocycles. The molecule has 3 fully saturated rings. The van der Waals surface area contributed by atoms with Crippen LogP contribution in [-0.4, -0.2) is 124 Å². The summed E-state index contributed by atoms with van der Waals surface area (Å²) in [7, 11) is 0. The van der Waals surface area contributed by atoms with Crippen molar-refractivity contribution in [3.05, 3.63) is 124 Å². The van der Waals surface area contributed by atoms with Crippen molar-refractivity contribution in [1.29, 1.82) is 0 Å². The van der Waals surface area contributed by atoms with E-state index in [0.29, 0.717) is 17.6 Å². The number of alkyl carbamates (subject to hydrolysis) is 2. The van der Waals surface area contributed by atoms with Gasteiger partial charge in [0.1, 0.15) is 48.7 Å². The molecule has 1 saturated heterocycles. The number of fused-ring (bicyclic) bond motifs is 6. The first-order valence-electron chi connectivity index (χ1n) is 25.2. The van der Waals surface area contributed by atoms with E-state index in [1.165, 1.54) is 19.1 Å². The van der Waals surface area contributed by atoms with Crippen molar-refractivity contribution >= 4 is 47.7 Å². The summed E-state index contributed by atoms with van der Waals surface area (Å²) in [5.74, 6) is -7.20. The Kier molecular flexibility index (Phi) is 15.1. The first kappa shape index (κ1) is 54.5. The van der Waals surface area contributed by atoms with Gasteiger partial charge in [0.05, 0.1) is 29.6 Å². The van der Waals surface area contributed by atoms with Crippen LogP contribution in [0.3, 0.4) is 0 Å². The lowest BCUT2D eigenvalue weighted by molar-refractivity contribution is -0.345. The van der Waals surface area contributed by atoms with Gasteiger partial charge < -0.3 is 54.4 Å². The number of nitrogens with one attached hydrogen (secondary N) is 2. The van der Waals surface area contributed by atoms with Crippen LogP contribution in [0, 0.1) is 22.7 Å². The minimum Gasteiger partial charge on any atom is -0.455 e. The van der Waals surface area contributed by atoms with Crippen LogP contribution < -0.4 is 10.6 Å². The van der Waals surface area contributed by atoms with Crippen LogP contribution >= 0.6 is 0 Å². The van der Waals surface area contributed by atoms with E-state index in [1.807, 2.05) is 30.3 Å². The Morgan fingerprint density at radius 3 is 2.17 bits per heavy atom. The molecule has 2 bridgehead atoms. The Bertz CT molecular complexity index is 2800. The first-order chi connectivity index (χ1) is 35.3. The highest BCUT2D eigenvalue weighted by Crippen LogP contribution is 2.65. The molecule has 5 aliphatic rings. The minimum atomic E-state index is -2.35. The van der Waals surface area contributed by atoms with E-state index in [4.69, 9.17) is 28.4 Å². The molecular weight excluding hydrogens is 969 g/mol. The summed E-state index contributed by atoms with van der Waals surface area (Å²) in [6, 6.07) is 22.4. The predicted molar refractivity (Wildman–Crippen MR) is 268 cm³/mol. The monoisotopic (exact) mass is 1030 g/mol. The van der Waals surface area contributed by atoms with Gasteiger partial charge >= 0.3 is 30.1 Å². The number of Topliss-reactive ketones (excluding diaryl/α,β-unsaturated/α-hetero) is 2. The van der Waals surface area contributed by atoms with E-state index in [0.717, 1.165) is 23.6 Å². The second-order valence-electron chi connectivity index (χ2n) is 22.1. The van der Waals surface area contributed by atoms with Crippen LogP contribution in [0.2, 0.25) is 0 Å². The standard InChI is InChI=1S/C57H66N2O16/c1-31-38(25-39(61)46(44(34-17-11-9-12-18-34)59-52(68)75-53(3,4)5)72-42(63)28-58-51(67)70-29-33-23-36-21-15-16-22-37(36)24-33)27-57(69)49(73-50(66)35-19-13-10-14-20-35)47-55(8,48(65)45(64)43(31)54(57,6)7)40(62)26-41-56(47,30-71-41)74-32(2)60/h9-23,38,40-41,44-47,49,62,64,69H,24-30H2,1-8H3,(H,58,67)(H,59,68)/t38-,40-,41+,44-,45+,46-,47-,49-,55+,56-,57+/m0/s1. The zero-order valence-corrected chi connectivity index (χ0v) is 43.4. The molecule has 11 atom stereocenters. The molecule has 8 rings (SSSR count). The normalized spacial score (nSPS) is 29.2. The number of benzene rings is 3. The molecule has 0 radical (unpaired) electrons. The summed E-state index contributed by atoms with van der Waals surface area (Å²) < 4.78 is 35.5. The van der Waals surface area contributed by atoms with Crippen LogP contribution in [0.1, 0.15) is 108 Å². The second kappa shape index (κ2) is 20.8. The van der Waals surface area contributed by atoms with Gasteiger partial charge in [0, 0.05) is 25.2 Å². The highest BCUT2D eigenvalue weighted by Gasteiger charge is 2.78. The van der Waals surface area contributed by atoms with Gasteiger partial charge in [-0.3, -0.25) is 19.2 Å². The molecule has 3 aromatic rings. The highest BCUT2D eigenvalue weighted by molar-refractivity contribution is 5.94. The zero-order chi connectivity index (χ0) is 54.4. The minimum absolute atomic E-state index is 0.0137. The molecular formula is C57H66N2O16. The average molecular weight is 1040 g/mol. The second-order valence-corrected chi connectivity index (χ2v) is 22.1.